The maximum absolute atomic E-state index is 11.6. The number of amides is 1. The first-order valence-corrected chi connectivity index (χ1v) is 11.7. The van der Waals surface area contributed by atoms with Gasteiger partial charge in [-0.25, -0.2) is 0 Å². The van der Waals surface area contributed by atoms with E-state index in [0.29, 0.717) is 23.9 Å². The van der Waals surface area contributed by atoms with E-state index >= 15 is 0 Å². The van der Waals surface area contributed by atoms with E-state index in [2.05, 4.69) is 53.8 Å². The van der Waals surface area contributed by atoms with Gasteiger partial charge in [0.1, 0.15) is 11.5 Å². The number of primary amides is 1. The van der Waals surface area contributed by atoms with Gasteiger partial charge >= 0.3 is 0 Å². The largest absolute Gasteiger partial charge is 0.457 e. The van der Waals surface area contributed by atoms with Gasteiger partial charge in [0.25, 0.3) is 0 Å². The molecule has 3 aromatic rings. The zero-order valence-electron chi connectivity index (χ0n) is 18.1. The number of para-hydroxylation sites is 1. The summed E-state index contributed by atoms with van der Waals surface area (Å²) in [6.45, 7) is 0. The van der Waals surface area contributed by atoms with E-state index in [-0.39, 0.29) is 12.3 Å². The van der Waals surface area contributed by atoms with E-state index in [1.54, 1.807) is 0 Å². The number of hydrogen-bond acceptors (Lipinski definition) is 3. The Morgan fingerprint density at radius 1 is 0.906 bits per heavy atom. The third kappa shape index (κ3) is 3.39. The van der Waals surface area contributed by atoms with Crippen molar-refractivity contribution in [2.75, 3.05) is 0 Å². The monoisotopic (exact) mass is 424 g/mol. The first-order valence-electron chi connectivity index (χ1n) is 11.7. The SMILES string of the molecule is NC(=O)Cc1ccccc1-c1ccc2c(c1)Oc1ccccc1C2C1CC2CCC(C1)N2. The van der Waals surface area contributed by atoms with Crippen molar-refractivity contribution in [2.45, 2.75) is 50.1 Å². The lowest BCUT2D eigenvalue weighted by Crippen LogP contribution is -2.40. The molecule has 4 heteroatoms. The van der Waals surface area contributed by atoms with Crippen LogP contribution in [0.2, 0.25) is 0 Å². The second kappa shape index (κ2) is 7.79. The van der Waals surface area contributed by atoms with Crippen LogP contribution in [0.4, 0.5) is 0 Å². The topological polar surface area (TPSA) is 64.4 Å². The van der Waals surface area contributed by atoms with Gasteiger partial charge < -0.3 is 15.8 Å². The van der Waals surface area contributed by atoms with Crippen molar-refractivity contribution in [3.8, 4) is 22.6 Å². The lowest BCUT2D eigenvalue weighted by Gasteiger charge is -2.38. The minimum atomic E-state index is -0.318. The summed E-state index contributed by atoms with van der Waals surface area (Å²) in [5.74, 6) is 2.56. The van der Waals surface area contributed by atoms with Gasteiger partial charge in [0.05, 0.1) is 6.42 Å². The lowest BCUT2D eigenvalue weighted by molar-refractivity contribution is -0.117. The molecule has 3 aliphatic rings. The second-order valence-electron chi connectivity index (χ2n) is 9.54. The van der Waals surface area contributed by atoms with Crippen LogP contribution in [0.1, 0.15) is 48.3 Å². The van der Waals surface area contributed by atoms with Gasteiger partial charge in [-0.05, 0) is 60.4 Å². The smallest absolute Gasteiger partial charge is 0.221 e. The van der Waals surface area contributed by atoms with E-state index in [9.17, 15) is 4.79 Å². The van der Waals surface area contributed by atoms with Crippen LogP contribution in [-0.2, 0) is 11.2 Å². The Labute approximate surface area is 188 Å². The fraction of sp³-hybridized carbons (Fsp3) is 0.321. The van der Waals surface area contributed by atoms with Gasteiger partial charge in [-0.15, -0.1) is 0 Å². The highest BCUT2D eigenvalue weighted by atomic mass is 16.5. The molecule has 2 saturated heterocycles. The number of hydrogen-bond donors (Lipinski definition) is 2. The minimum Gasteiger partial charge on any atom is -0.457 e. The van der Waals surface area contributed by atoms with Crippen molar-refractivity contribution >= 4 is 5.91 Å². The molecule has 3 aromatic carbocycles. The molecule has 3 unspecified atom stereocenters. The highest BCUT2D eigenvalue weighted by Gasteiger charge is 2.41. The maximum atomic E-state index is 11.6. The molecule has 0 radical (unpaired) electrons. The van der Waals surface area contributed by atoms with Crippen molar-refractivity contribution < 1.29 is 9.53 Å². The third-order valence-corrected chi connectivity index (χ3v) is 7.50. The molecule has 2 fully saturated rings. The van der Waals surface area contributed by atoms with E-state index in [4.69, 9.17) is 10.5 Å². The predicted molar refractivity (Wildman–Crippen MR) is 126 cm³/mol. The van der Waals surface area contributed by atoms with Gasteiger partial charge in [-0.1, -0.05) is 54.6 Å². The standard InChI is InChI=1S/C28H28N2O2/c29-27(31)16-17-5-1-2-6-22(17)18-9-12-24-26(15-18)32-25-8-4-3-7-23(25)28(24)19-13-20-10-11-21(14-19)30-20/h1-9,12,15,19-21,28,30H,10-11,13-14,16H2,(H2,29,31). The molecule has 0 aromatic heterocycles. The number of nitrogens with two attached hydrogens (primary N) is 1. The van der Waals surface area contributed by atoms with Crippen LogP contribution in [0, 0.1) is 5.92 Å². The number of fused-ring (bicyclic) bond motifs is 4. The van der Waals surface area contributed by atoms with E-state index in [1.807, 2.05) is 18.2 Å². The molecule has 3 aliphatic heterocycles. The number of benzene rings is 3. The summed E-state index contributed by atoms with van der Waals surface area (Å²) in [7, 11) is 0. The summed E-state index contributed by atoms with van der Waals surface area (Å²) in [6, 6.07) is 24.4. The molecule has 4 nitrogen and oxygen atoms in total. The zero-order chi connectivity index (χ0) is 21.7. The molecule has 0 aliphatic carbocycles. The van der Waals surface area contributed by atoms with Crippen molar-refractivity contribution in [1.82, 2.24) is 5.32 Å². The Bertz CT molecular complexity index is 1180. The molecule has 3 N–H and O–H groups in total. The van der Waals surface area contributed by atoms with Crippen molar-refractivity contribution in [3.63, 3.8) is 0 Å². The highest BCUT2D eigenvalue weighted by Crippen LogP contribution is 2.52. The van der Waals surface area contributed by atoms with Crippen LogP contribution < -0.4 is 15.8 Å². The Morgan fingerprint density at radius 3 is 2.44 bits per heavy atom. The van der Waals surface area contributed by atoms with Crippen molar-refractivity contribution in [2.24, 2.45) is 11.7 Å². The van der Waals surface area contributed by atoms with Crippen LogP contribution >= 0.6 is 0 Å². The predicted octanol–water partition coefficient (Wildman–Crippen LogP) is 5.15. The first kappa shape index (κ1) is 19.6. The van der Waals surface area contributed by atoms with Gasteiger partial charge in [0.2, 0.25) is 5.91 Å². The normalized spacial score (nSPS) is 25.5. The van der Waals surface area contributed by atoms with E-state index in [0.717, 1.165) is 28.2 Å². The molecule has 3 heterocycles. The fourth-order valence-corrected chi connectivity index (χ4v) is 6.19. The van der Waals surface area contributed by atoms with Crippen LogP contribution in [0.25, 0.3) is 11.1 Å². The number of rotatable bonds is 4. The average molecular weight is 425 g/mol. The lowest BCUT2D eigenvalue weighted by atomic mass is 9.73. The second-order valence-corrected chi connectivity index (χ2v) is 9.54. The summed E-state index contributed by atoms with van der Waals surface area (Å²) in [5, 5.41) is 3.79. The molecular weight excluding hydrogens is 396 g/mol. The molecule has 0 saturated carbocycles. The third-order valence-electron chi connectivity index (χ3n) is 7.50. The summed E-state index contributed by atoms with van der Waals surface area (Å²) in [4.78, 5) is 11.6. The van der Waals surface area contributed by atoms with Gasteiger partial charge in [0, 0.05) is 29.1 Å². The Hall–Kier alpha value is -3.11. The highest BCUT2D eigenvalue weighted by molar-refractivity contribution is 5.81. The molecule has 0 spiro atoms. The molecule has 6 rings (SSSR count). The number of piperidine rings is 1. The number of ether oxygens (including phenoxy) is 1. The summed E-state index contributed by atoms with van der Waals surface area (Å²) in [6.07, 6.45) is 5.27. The molecule has 32 heavy (non-hydrogen) atoms. The number of carbonyl (C=O) groups excluding carboxylic acids is 1. The summed E-state index contributed by atoms with van der Waals surface area (Å²) < 4.78 is 6.44. The Kier molecular flexibility index (Phi) is 4.76. The van der Waals surface area contributed by atoms with Crippen molar-refractivity contribution in [1.29, 1.82) is 0 Å². The van der Waals surface area contributed by atoms with Crippen LogP contribution in [-0.4, -0.2) is 18.0 Å². The number of carbonyl (C=O) groups is 1. The molecule has 2 bridgehead atoms. The summed E-state index contributed by atoms with van der Waals surface area (Å²) in [5.41, 5.74) is 11.1. The number of nitrogens with one attached hydrogen (secondary N) is 1. The van der Waals surface area contributed by atoms with Crippen LogP contribution in [0.3, 0.4) is 0 Å². The Morgan fingerprint density at radius 2 is 1.62 bits per heavy atom. The molecular formula is C28H28N2O2. The Balaban J connectivity index is 1.43. The summed E-state index contributed by atoms with van der Waals surface area (Å²) >= 11 is 0. The van der Waals surface area contributed by atoms with Gasteiger partial charge in [-0.3, -0.25) is 4.79 Å². The minimum absolute atomic E-state index is 0.234. The fourth-order valence-electron chi connectivity index (χ4n) is 6.19. The zero-order valence-corrected chi connectivity index (χ0v) is 18.1. The van der Waals surface area contributed by atoms with Crippen LogP contribution in [0.15, 0.2) is 66.7 Å². The van der Waals surface area contributed by atoms with Gasteiger partial charge in [0.15, 0.2) is 0 Å². The average Bonchev–Trinajstić information content (AvgIpc) is 3.14. The van der Waals surface area contributed by atoms with Crippen LogP contribution in [0.5, 0.6) is 11.5 Å². The maximum Gasteiger partial charge on any atom is 0.221 e. The quantitative estimate of drug-likeness (QED) is 0.609. The molecule has 1 amide bonds. The van der Waals surface area contributed by atoms with Crippen molar-refractivity contribution in [3.05, 3.63) is 83.4 Å². The van der Waals surface area contributed by atoms with E-state index < -0.39 is 0 Å². The molecule has 162 valence electrons. The van der Waals surface area contributed by atoms with Gasteiger partial charge in [-0.2, -0.15) is 0 Å². The van der Waals surface area contributed by atoms with E-state index in [1.165, 1.54) is 36.8 Å². The first-order chi connectivity index (χ1) is 15.7. The molecule has 3 atom stereocenters.